The number of hydrogen-bond acceptors (Lipinski definition) is 3. The Balaban J connectivity index is 1.78. The molecule has 0 spiro atoms. The molecule has 2 aromatic rings. The number of nitrogens with two attached hydrogens (primary N) is 1. The van der Waals surface area contributed by atoms with E-state index in [0.29, 0.717) is 37.6 Å². The van der Waals surface area contributed by atoms with Gasteiger partial charge in [-0.15, -0.1) is 0 Å². The molecule has 1 aromatic heterocycles. The fourth-order valence-corrected chi connectivity index (χ4v) is 2.69. The van der Waals surface area contributed by atoms with Gasteiger partial charge < -0.3 is 20.5 Å². The van der Waals surface area contributed by atoms with E-state index in [2.05, 4.69) is 4.98 Å². The predicted octanol–water partition coefficient (Wildman–Crippen LogP) is 1.05. The first-order valence-electron chi connectivity index (χ1n) is 6.98. The molecule has 0 atom stereocenters. The first-order chi connectivity index (χ1) is 10.1. The zero-order valence-electron chi connectivity index (χ0n) is 11.9. The molecule has 2 heterocycles. The second-order valence-corrected chi connectivity index (χ2v) is 5.29. The number of aromatic nitrogens is 1. The van der Waals surface area contributed by atoms with E-state index >= 15 is 0 Å². The molecule has 1 aliphatic heterocycles. The normalized spacial score (nSPS) is 15.5. The SMILES string of the molecule is CC(=O)N1CCN(C(=O)c2cc3cccc(N)c3[nH]2)CC1. The average molecular weight is 286 g/mol. The number of para-hydroxylation sites is 1. The number of carbonyl (C=O) groups is 2. The smallest absolute Gasteiger partial charge is 0.270 e. The molecule has 0 unspecified atom stereocenters. The van der Waals surface area contributed by atoms with Crippen molar-refractivity contribution in [3.05, 3.63) is 30.0 Å². The number of fused-ring (bicyclic) bond motifs is 1. The zero-order valence-corrected chi connectivity index (χ0v) is 11.9. The molecule has 0 aliphatic carbocycles. The molecule has 2 amide bonds. The minimum atomic E-state index is -0.0474. The van der Waals surface area contributed by atoms with Crippen molar-refractivity contribution in [2.24, 2.45) is 0 Å². The first-order valence-corrected chi connectivity index (χ1v) is 6.98. The Bertz CT molecular complexity index is 699. The van der Waals surface area contributed by atoms with Crippen LogP contribution in [0, 0.1) is 0 Å². The van der Waals surface area contributed by atoms with Crippen LogP contribution >= 0.6 is 0 Å². The van der Waals surface area contributed by atoms with Gasteiger partial charge >= 0.3 is 0 Å². The number of aromatic amines is 1. The molecule has 0 bridgehead atoms. The fraction of sp³-hybridized carbons (Fsp3) is 0.333. The minimum Gasteiger partial charge on any atom is -0.397 e. The number of nitrogens with one attached hydrogen (secondary N) is 1. The van der Waals surface area contributed by atoms with Crippen LogP contribution in [-0.4, -0.2) is 52.8 Å². The van der Waals surface area contributed by atoms with Crippen LogP contribution in [0.5, 0.6) is 0 Å². The largest absolute Gasteiger partial charge is 0.397 e. The summed E-state index contributed by atoms with van der Waals surface area (Å²) < 4.78 is 0. The van der Waals surface area contributed by atoms with Crippen LogP contribution in [0.2, 0.25) is 0 Å². The summed E-state index contributed by atoms with van der Waals surface area (Å²) in [4.78, 5) is 30.4. The Morgan fingerprint density at radius 3 is 2.43 bits per heavy atom. The van der Waals surface area contributed by atoms with Gasteiger partial charge in [-0.05, 0) is 12.1 Å². The third kappa shape index (κ3) is 2.44. The molecule has 3 rings (SSSR count). The van der Waals surface area contributed by atoms with Gasteiger partial charge in [-0.3, -0.25) is 9.59 Å². The van der Waals surface area contributed by atoms with Crippen molar-refractivity contribution in [2.45, 2.75) is 6.92 Å². The van der Waals surface area contributed by atoms with Crippen molar-refractivity contribution in [2.75, 3.05) is 31.9 Å². The monoisotopic (exact) mass is 286 g/mol. The van der Waals surface area contributed by atoms with Gasteiger partial charge in [0.25, 0.3) is 5.91 Å². The van der Waals surface area contributed by atoms with E-state index in [1.165, 1.54) is 0 Å². The molecule has 1 saturated heterocycles. The maximum atomic E-state index is 12.5. The number of hydrogen-bond donors (Lipinski definition) is 2. The molecule has 110 valence electrons. The number of benzene rings is 1. The number of rotatable bonds is 1. The summed E-state index contributed by atoms with van der Waals surface area (Å²) in [6, 6.07) is 7.42. The number of nitrogen functional groups attached to an aromatic ring is 1. The Morgan fingerprint density at radius 2 is 1.81 bits per heavy atom. The molecule has 6 heteroatoms. The second-order valence-electron chi connectivity index (χ2n) is 5.29. The minimum absolute atomic E-state index is 0.0474. The quantitative estimate of drug-likeness (QED) is 0.769. The summed E-state index contributed by atoms with van der Waals surface area (Å²) in [6.45, 7) is 3.84. The van der Waals surface area contributed by atoms with Crippen molar-refractivity contribution >= 4 is 28.4 Å². The zero-order chi connectivity index (χ0) is 15.0. The lowest BCUT2D eigenvalue weighted by Crippen LogP contribution is -2.50. The molecule has 0 radical (unpaired) electrons. The topological polar surface area (TPSA) is 82.4 Å². The van der Waals surface area contributed by atoms with E-state index in [1.807, 2.05) is 18.2 Å². The number of amides is 2. The molecule has 6 nitrogen and oxygen atoms in total. The second kappa shape index (κ2) is 5.12. The van der Waals surface area contributed by atoms with Crippen LogP contribution in [0.1, 0.15) is 17.4 Å². The maximum Gasteiger partial charge on any atom is 0.270 e. The van der Waals surface area contributed by atoms with Crippen molar-refractivity contribution < 1.29 is 9.59 Å². The van der Waals surface area contributed by atoms with Crippen molar-refractivity contribution in [3.8, 4) is 0 Å². The van der Waals surface area contributed by atoms with E-state index in [1.54, 1.807) is 22.8 Å². The molecule has 1 fully saturated rings. The number of nitrogens with zero attached hydrogens (tertiary/aromatic N) is 2. The summed E-state index contributed by atoms with van der Waals surface area (Å²) in [6.07, 6.45) is 0. The number of H-pyrrole nitrogens is 1. The molecular formula is C15H18N4O2. The van der Waals surface area contributed by atoms with E-state index in [9.17, 15) is 9.59 Å². The van der Waals surface area contributed by atoms with Crippen molar-refractivity contribution in [1.29, 1.82) is 0 Å². The van der Waals surface area contributed by atoms with Gasteiger partial charge in [0.1, 0.15) is 5.69 Å². The van der Waals surface area contributed by atoms with Gasteiger partial charge in [0, 0.05) is 38.5 Å². The Hall–Kier alpha value is -2.50. The van der Waals surface area contributed by atoms with Gasteiger partial charge in [0.15, 0.2) is 0 Å². The van der Waals surface area contributed by atoms with Crippen LogP contribution in [0.25, 0.3) is 10.9 Å². The predicted molar refractivity (Wildman–Crippen MR) is 80.9 cm³/mol. The van der Waals surface area contributed by atoms with Gasteiger partial charge in [-0.2, -0.15) is 0 Å². The van der Waals surface area contributed by atoms with Crippen LogP contribution in [0.15, 0.2) is 24.3 Å². The van der Waals surface area contributed by atoms with E-state index in [4.69, 9.17) is 5.73 Å². The highest BCUT2D eigenvalue weighted by molar-refractivity contribution is 6.00. The fourth-order valence-electron chi connectivity index (χ4n) is 2.69. The molecule has 1 aromatic carbocycles. The lowest BCUT2D eigenvalue weighted by molar-refractivity contribution is -0.130. The van der Waals surface area contributed by atoms with Gasteiger partial charge in [-0.1, -0.05) is 12.1 Å². The number of piperazine rings is 1. The molecule has 21 heavy (non-hydrogen) atoms. The Morgan fingerprint density at radius 1 is 1.14 bits per heavy atom. The standard InChI is InChI=1S/C15H18N4O2/c1-10(20)18-5-7-19(8-6-18)15(21)13-9-11-3-2-4-12(16)14(11)17-13/h2-4,9,17H,5-8,16H2,1H3. The summed E-state index contributed by atoms with van der Waals surface area (Å²) in [5.41, 5.74) is 7.87. The van der Waals surface area contributed by atoms with Crippen molar-refractivity contribution in [3.63, 3.8) is 0 Å². The van der Waals surface area contributed by atoms with Crippen LogP contribution in [0.3, 0.4) is 0 Å². The van der Waals surface area contributed by atoms with Gasteiger partial charge in [0.05, 0.1) is 11.2 Å². The first kappa shape index (κ1) is 13.5. The number of anilines is 1. The molecule has 1 aliphatic rings. The Kier molecular flexibility index (Phi) is 3.29. The van der Waals surface area contributed by atoms with Gasteiger partial charge in [0.2, 0.25) is 5.91 Å². The van der Waals surface area contributed by atoms with E-state index in [-0.39, 0.29) is 11.8 Å². The third-order valence-corrected chi connectivity index (χ3v) is 3.93. The highest BCUT2D eigenvalue weighted by Gasteiger charge is 2.24. The third-order valence-electron chi connectivity index (χ3n) is 3.93. The summed E-state index contributed by atoms with van der Waals surface area (Å²) >= 11 is 0. The average Bonchev–Trinajstić information content (AvgIpc) is 2.92. The van der Waals surface area contributed by atoms with E-state index < -0.39 is 0 Å². The molecule has 0 saturated carbocycles. The maximum absolute atomic E-state index is 12.5. The summed E-state index contributed by atoms with van der Waals surface area (Å²) in [5.74, 6) is 0.00860. The van der Waals surface area contributed by atoms with E-state index in [0.717, 1.165) is 10.9 Å². The Labute approximate surface area is 122 Å². The molecule has 3 N–H and O–H groups in total. The van der Waals surface area contributed by atoms with Crippen molar-refractivity contribution in [1.82, 2.24) is 14.8 Å². The van der Waals surface area contributed by atoms with Crippen LogP contribution in [0.4, 0.5) is 5.69 Å². The lowest BCUT2D eigenvalue weighted by Gasteiger charge is -2.33. The van der Waals surface area contributed by atoms with Crippen LogP contribution in [-0.2, 0) is 4.79 Å². The lowest BCUT2D eigenvalue weighted by atomic mass is 10.2. The molecular weight excluding hydrogens is 268 g/mol. The highest BCUT2D eigenvalue weighted by atomic mass is 16.2. The summed E-state index contributed by atoms with van der Waals surface area (Å²) in [7, 11) is 0. The summed E-state index contributed by atoms with van der Waals surface area (Å²) in [5, 5.41) is 0.931. The highest BCUT2D eigenvalue weighted by Crippen LogP contribution is 2.22. The van der Waals surface area contributed by atoms with Crippen LogP contribution < -0.4 is 5.73 Å². The number of carbonyl (C=O) groups excluding carboxylic acids is 2. The van der Waals surface area contributed by atoms with Gasteiger partial charge in [-0.25, -0.2) is 0 Å².